The first-order valence-corrected chi connectivity index (χ1v) is 8.35. The molecule has 0 radical (unpaired) electrons. The molecule has 1 aromatic rings. The van der Waals surface area contributed by atoms with Crippen LogP contribution in [0.25, 0.3) is 0 Å². The Bertz CT molecular complexity index is 512. The Morgan fingerprint density at radius 1 is 1.41 bits per heavy atom. The summed E-state index contributed by atoms with van der Waals surface area (Å²) < 4.78 is 0. The Hall–Kier alpha value is -1.54. The monoisotopic (exact) mass is 325 g/mol. The molecule has 1 fully saturated rings. The third-order valence-electron chi connectivity index (χ3n) is 3.37. The maximum Gasteiger partial charge on any atom is 0.240 e. The molecule has 122 valence electrons. The minimum atomic E-state index is -0.269. The van der Waals surface area contributed by atoms with Crippen molar-refractivity contribution in [2.24, 2.45) is 0 Å². The normalized spacial score (nSPS) is 19.7. The fraction of sp³-hybridized carbons (Fsp3) is 0.714. The number of nitrogens with one attached hydrogen (secondary N) is 2. The van der Waals surface area contributed by atoms with Crippen LogP contribution in [0.3, 0.4) is 0 Å². The molecule has 0 aromatic carbocycles. The van der Waals surface area contributed by atoms with Gasteiger partial charge in [0.1, 0.15) is 5.51 Å². The van der Waals surface area contributed by atoms with E-state index < -0.39 is 0 Å². The van der Waals surface area contributed by atoms with Crippen LogP contribution in [0.1, 0.15) is 40.0 Å². The molecule has 1 aliphatic heterocycles. The molecule has 0 bridgehead atoms. The van der Waals surface area contributed by atoms with Crippen molar-refractivity contribution in [3.63, 3.8) is 0 Å². The molecule has 1 saturated heterocycles. The summed E-state index contributed by atoms with van der Waals surface area (Å²) in [5.41, 5.74) is 1.30. The molecule has 0 aliphatic carbocycles. The number of anilines is 1. The van der Waals surface area contributed by atoms with Crippen molar-refractivity contribution in [1.82, 2.24) is 20.4 Å². The highest BCUT2D eigenvalue weighted by molar-refractivity contribution is 7.13. The van der Waals surface area contributed by atoms with Crippen LogP contribution < -0.4 is 10.6 Å². The maximum atomic E-state index is 12.4. The third kappa shape index (κ3) is 5.03. The fourth-order valence-electron chi connectivity index (χ4n) is 2.50. The van der Waals surface area contributed by atoms with Gasteiger partial charge in [0.25, 0.3) is 0 Å². The van der Waals surface area contributed by atoms with Crippen LogP contribution in [0.15, 0.2) is 5.51 Å². The van der Waals surface area contributed by atoms with Crippen LogP contribution in [0, 0.1) is 0 Å². The van der Waals surface area contributed by atoms with Gasteiger partial charge in [-0.3, -0.25) is 19.8 Å². The lowest BCUT2D eigenvalue weighted by Gasteiger charge is -2.35. The highest BCUT2D eigenvalue weighted by Gasteiger charge is 2.31. The van der Waals surface area contributed by atoms with Crippen LogP contribution in [-0.4, -0.2) is 51.6 Å². The molecule has 1 atom stereocenters. The SMILES string of the molecule is CC(C)(C)NC(=O)C1CCCCN1CC(=O)Nc1nncs1. The number of hydrogen-bond acceptors (Lipinski definition) is 6. The maximum absolute atomic E-state index is 12.4. The number of carbonyl (C=O) groups excluding carboxylic acids is 2. The summed E-state index contributed by atoms with van der Waals surface area (Å²) in [5, 5.41) is 13.7. The summed E-state index contributed by atoms with van der Waals surface area (Å²) in [4.78, 5) is 26.4. The van der Waals surface area contributed by atoms with Crippen molar-refractivity contribution in [2.45, 2.75) is 51.6 Å². The molecule has 0 spiro atoms. The molecule has 1 aromatic heterocycles. The first-order chi connectivity index (χ1) is 10.3. The molecule has 1 aliphatic rings. The average Bonchev–Trinajstić information content (AvgIpc) is 2.90. The second-order valence-corrected chi connectivity index (χ2v) is 7.35. The van der Waals surface area contributed by atoms with Crippen molar-refractivity contribution in [3.05, 3.63) is 5.51 Å². The standard InChI is InChI=1S/C14H23N5O2S/c1-14(2,3)17-12(21)10-6-4-5-7-19(10)8-11(20)16-13-18-15-9-22-13/h9-10H,4-8H2,1-3H3,(H,17,21)(H,16,18,20). The van der Waals surface area contributed by atoms with Gasteiger partial charge < -0.3 is 5.32 Å². The van der Waals surface area contributed by atoms with E-state index in [0.717, 1.165) is 25.8 Å². The largest absolute Gasteiger partial charge is 0.350 e. The van der Waals surface area contributed by atoms with E-state index in [1.165, 1.54) is 11.3 Å². The first-order valence-electron chi connectivity index (χ1n) is 7.47. The number of nitrogens with zero attached hydrogens (tertiary/aromatic N) is 3. The Morgan fingerprint density at radius 3 is 2.82 bits per heavy atom. The van der Waals surface area contributed by atoms with Gasteiger partial charge in [-0.15, -0.1) is 10.2 Å². The van der Waals surface area contributed by atoms with Crippen LogP contribution in [0.4, 0.5) is 5.13 Å². The van der Waals surface area contributed by atoms with Gasteiger partial charge in [-0.25, -0.2) is 0 Å². The van der Waals surface area contributed by atoms with Crippen LogP contribution in [-0.2, 0) is 9.59 Å². The van der Waals surface area contributed by atoms with E-state index in [4.69, 9.17) is 0 Å². The van der Waals surface area contributed by atoms with E-state index in [1.54, 1.807) is 5.51 Å². The molecule has 7 nitrogen and oxygen atoms in total. The quantitative estimate of drug-likeness (QED) is 0.870. The predicted octanol–water partition coefficient (Wildman–Crippen LogP) is 1.25. The Labute approximate surface area is 134 Å². The minimum absolute atomic E-state index is 0.00378. The van der Waals surface area contributed by atoms with Crippen molar-refractivity contribution in [3.8, 4) is 0 Å². The number of rotatable bonds is 4. The number of likely N-dealkylation sites (tertiary alicyclic amines) is 1. The topological polar surface area (TPSA) is 87.2 Å². The Morgan fingerprint density at radius 2 is 2.18 bits per heavy atom. The molecule has 1 unspecified atom stereocenters. The number of piperidine rings is 1. The van der Waals surface area contributed by atoms with Crippen molar-refractivity contribution in [2.75, 3.05) is 18.4 Å². The van der Waals surface area contributed by atoms with Gasteiger partial charge in [0, 0.05) is 5.54 Å². The van der Waals surface area contributed by atoms with E-state index in [1.807, 2.05) is 25.7 Å². The van der Waals surface area contributed by atoms with Gasteiger partial charge in [0.15, 0.2) is 0 Å². The predicted molar refractivity (Wildman–Crippen MR) is 85.6 cm³/mol. The van der Waals surface area contributed by atoms with Crippen molar-refractivity contribution >= 4 is 28.3 Å². The van der Waals surface area contributed by atoms with E-state index >= 15 is 0 Å². The number of carbonyl (C=O) groups is 2. The second kappa shape index (κ2) is 7.15. The lowest BCUT2D eigenvalue weighted by Crippen LogP contribution is -2.55. The summed E-state index contributed by atoms with van der Waals surface area (Å²) in [5.74, 6) is -0.164. The zero-order valence-corrected chi connectivity index (χ0v) is 14.1. The molecular weight excluding hydrogens is 302 g/mol. The molecule has 0 saturated carbocycles. The lowest BCUT2D eigenvalue weighted by atomic mass is 9.99. The number of hydrogen-bond donors (Lipinski definition) is 2. The highest BCUT2D eigenvalue weighted by atomic mass is 32.1. The smallest absolute Gasteiger partial charge is 0.240 e. The molecule has 2 amide bonds. The molecule has 2 heterocycles. The van der Waals surface area contributed by atoms with Gasteiger partial charge in [-0.1, -0.05) is 17.8 Å². The van der Waals surface area contributed by atoms with Crippen LogP contribution in [0.5, 0.6) is 0 Å². The van der Waals surface area contributed by atoms with Gasteiger partial charge in [-0.2, -0.15) is 0 Å². The zero-order valence-electron chi connectivity index (χ0n) is 13.3. The fourth-order valence-corrected chi connectivity index (χ4v) is 2.96. The van der Waals surface area contributed by atoms with E-state index in [9.17, 15) is 9.59 Å². The van der Waals surface area contributed by atoms with Crippen LogP contribution >= 0.6 is 11.3 Å². The molecular formula is C14H23N5O2S. The average molecular weight is 325 g/mol. The van der Waals surface area contributed by atoms with E-state index in [-0.39, 0.29) is 29.9 Å². The van der Waals surface area contributed by atoms with Crippen molar-refractivity contribution < 1.29 is 9.59 Å². The minimum Gasteiger partial charge on any atom is -0.350 e. The molecule has 8 heteroatoms. The Balaban J connectivity index is 1.94. The molecule has 2 N–H and O–H groups in total. The van der Waals surface area contributed by atoms with Gasteiger partial charge in [-0.05, 0) is 40.2 Å². The van der Waals surface area contributed by atoms with Gasteiger partial charge >= 0.3 is 0 Å². The number of amides is 2. The summed E-state index contributed by atoms with van der Waals surface area (Å²) >= 11 is 1.28. The zero-order chi connectivity index (χ0) is 16.2. The Kier molecular flexibility index (Phi) is 5.47. The summed E-state index contributed by atoms with van der Waals surface area (Å²) in [6.07, 6.45) is 2.80. The van der Waals surface area contributed by atoms with Crippen LogP contribution in [0.2, 0.25) is 0 Å². The summed E-state index contributed by atoms with van der Waals surface area (Å²) in [7, 11) is 0. The van der Waals surface area contributed by atoms with Crippen molar-refractivity contribution in [1.29, 1.82) is 0 Å². The highest BCUT2D eigenvalue weighted by Crippen LogP contribution is 2.18. The van der Waals surface area contributed by atoms with E-state index in [0.29, 0.717) is 5.13 Å². The van der Waals surface area contributed by atoms with E-state index in [2.05, 4.69) is 20.8 Å². The molecule has 22 heavy (non-hydrogen) atoms. The van der Waals surface area contributed by atoms with Gasteiger partial charge in [0.05, 0.1) is 12.6 Å². The van der Waals surface area contributed by atoms with Gasteiger partial charge in [0.2, 0.25) is 16.9 Å². The number of aromatic nitrogens is 2. The third-order valence-corrected chi connectivity index (χ3v) is 3.97. The first kappa shape index (κ1) is 16.8. The lowest BCUT2D eigenvalue weighted by molar-refractivity contribution is -0.130. The summed E-state index contributed by atoms with van der Waals surface area (Å²) in [6, 6.07) is -0.242. The second-order valence-electron chi connectivity index (χ2n) is 6.51. The molecule has 2 rings (SSSR count). The summed E-state index contributed by atoms with van der Waals surface area (Å²) in [6.45, 7) is 6.83.